The van der Waals surface area contributed by atoms with Gasteiger partial charge in [-0.05, 0) is 12.1 Å². The van der Waals surface area contributed by atoms with Crippen molar-refractivity contribution in [3.05, 3.63) is 18.3 Å². The lowest BCUT2D eigenvalue weighted by atomic mass is 9.96. The second kappa shape index (κ2) is 5.18. The predicted molar refractivity (Wildman–Crippen MR) is 65.5 cm³/mol. The molecule has 0 spiro atoms. The van der Waals surface area contributed by atoms with Crippen molar-refractivity contribution < 1.29 is 4.79 Å². The lowest BCUT2D eigenvalue weighted by Crippen LogP contribution is -2.42. The summed E-state index contributed by atoms with van der Waals surface area (Å²) in [5, 5.41) is 0.840. The molecule has 5 nitrogen and oxygen atoms in total. The molecule has 0 radical (unpaired) electrons. The van der Waals surface area contributed by atoms with Gasteiger partial charge in [0.25, 0.3) is 0 Å². The topological polar surface area (TPSA) is 94.0 Å². The van der Waals surface area contributed by atoms with Gasteiger partial charge in [0.05, 0.1) is 22.3 Å². The van der Waals surface area contributed by atoms with Gasteiger partial charge in [-0.15, -0.1) is 11.8 Å². The molecular formula is C10H16N4OS. The van der Waals surface area contributed by atoms with E-state index in [4.69, 9.17) is 11.6 Å². The number of nitrogens with two attached hydrogens (primary N) is 2. The number of nitrogens with one attached hydrogen (secondary N) is 1. The van der Waals surface area contributed by atoms with Crippen LogP contribution in [0.15, 0.2) is 23.4 Å². The molecule has 0 saturated carbocycles. The van der Waals surface area contributed by atoms with Gasteiger partial charge >= 0.3 is 0 Å². The van der Waals surface area contributed by atoms with Crippen LogP contribution in [0.2, 0.25) is 0 Å². The quantitative estimate of drug-likeness (QED) is 0.313. The SMILES string of the molecule is CC(C)(CSc1ccc(N)cn1)C(=O)NN. The number of carbonyl (C=O) groups is 1. The highest BCUT2D eigenvalue weighted by atomic mass is 32.2. The molecule has 0 saturated heterocycles. The van der Waals surface area contributed by atoms with Crippen LogP contribution in [0.4, 0.5) is 5.69 Å². The van der Waals surface area contributed by atoms with Gasteiger partial charge < -0.3 is 5.73 Å². The predicted octanol–water partition coefficient (Wildman–Crippen LogP) is 0.772. The number of hydrazine groups is 1. The van der Waals surface area contributed by atoms with E-state index in [-0.39, 0.29) is 5.91 Å². The first-order chi connectivity index (χ1) is 7.45. The number of carbonyl (C=O) groups excluding carboxylic acids is 1. The summed E-state index contributed by atoms with van der Waals surface area (Å²) in [5.41, 5.74) is 7.79. The van der Waals surface area contributed by atoms with Gasteiger partial charge in [0.15, 0.2) is 0 Å². The van der Waals surface area contributed by atoms with Crippen LogP contribution in [0.25, 0.3) is 0 Å². The lowest BCUT2D eigenvalue weighted by molar-refractivity contribution is -0.128. The van der Waals surface area contributed by atoms with Crippen LogP contribution in [0.1, 0.15) is 13.8 Å². The molecule has 0 atom stereocenters. The third kappa shape index (κ3) is 3.39. The molecule has 88 valence electrons. The number of nitrogens with zero attached hydrogens (tertiary/aromatic N) is 1. The number of anilines is 1. The van der Waals surface area contributed by atoms with Crippen LogP contribution in [-0.2, 0) is 4.79 Å². The van der Waals surface area contributed by atoms with Gasteiger partial charge in [0.2, 0.25) is 5.91 Å². The van der Waals surface area contributed by atoms with E-state index in [0.717, 1.165) is 5.03 Å². The molecule has 0 aromatic carbocycles. The largest absolute Gasteiger partial charge is 0.397 e. The second-order valence-corrected chi connectivity index (χ2v) is 5.07. The zero-order chi connectivity index (χ0) is 12.2. The highest BCUT2D eigenvalue weighted by molar-refractivity contribution is 7.99. The van der Waals surface area contributed by atoms with Crippen molar-refractivity contribution in [3.8, 4) is 0 Å². The molecule has 6 heteroatoms. The van der Waals surface area contributed by atoms with Crippen molar-refractivity contribution in [3.63, 3.8) is 0 Å². The minimum Gasteiger partial charge on any atom is -0.397 e. The summed E-state index contributed by atoms with van der Waals surface area (Å²) in [6.45, 7) is 3.67. The normalized spacial score (nSPS) is 11.2. The van der Waals surface area contributed by atoms with E-state index in [1.54, 1.807) is 12.3 Å². The Kier molecular flexibility index (Phi) is 4.14. The molecule has 1 rings (SSSR count). The molecule has 0 aliphatic heterocycles. The molecular weight excluding hydrogens is 224 g/mol. The van der Waals surface area contributed by atoms with Gasteiger partial charge in [-0.2, -0.15) is 0 Å². The number of thioether (sulfide) groups is 1. The fraction of sp³-hybridized carbons (Fsp3) is 0.400. The summed E-state index contributed by atoms with van der Waals surface area (Å²) in [4.78, 5) is 15.6. The molecule has 1 heterocycles. The summed E-state index contributed by atoms with van der Waals surface area (Å²) < 4.78 is 0. The van der Waals surface area contributed by atoms with Crippen molar-refractivity contribution in [2.75, 3.05) is 11.5 Å². The minimum absolute atomic E-state index is 0.185. The summed E-state index contributed by atoms with van der Waals surface area (Å²) in [6, 6.07) is 3.61. The maximum atomic E-state index is 11.4. The fourth-order valence-electron chi connectivity index (χ4n) is 0.992. The Labute approximate surface area is 99.0 Å². The fourth-order valence-corrected chi connectivity index (χ4v) is 1.92. The monoisotopic (exact) mass is 240 g/mol. The van der Waals surface area contributed by atoms with Gasteiger partial charge in [-0.1, -0.05) is 13.8 Å². The third-order valence-electron chi connectivity index (χ3n) is 2.09. The number of nitrogen functional groups attached to an aromatic ring is 1. The Bertz CT molecular complexity index is 364. The summed E-state index contributed by atoms with van der Waals surface area (Å²) in [6.07, 6.45) is 1.60. The third-order valence-corrected chi connectivity index (χ3v) is 3.49. The van der Waals surface area contributed by atoms with Gasteiger partial charge in [0, 0.05) is 5.75 Å². The summed E-state index contributed by atoms with van der Waals surface area (Å²) in [5.74, 6) is 5.53. The van der Waals surface area contributed by atoms with Crippen LogP contribution in [-0.4, -0.2) is 16.6 Å². The second-order valence-electron chi connectivity index (χ2n) is 4.08. The van der Waals surface area contributed by atoms with Crippen LogP contribution in [0.5, 0.6) is 0 Å². The molecule has 1 aromatic rings. The molecule has 16 heavy (non-hydrogen) atoms. The van der Waals surface area contributed by atoms with Crippen LogP contribution in [0.3, 0.4) is 0 Å². The number of pyridine rings is 1. The lowest BCUT2D eigenvalue weighted by Gasteiger charge is -2.21. The highest BCUT2D eigenvalue weighted by Gasteiger charge is 2.27. The summed E-state index contributed by atoms with van der Waals surface area (Å²) in [7, 11) is 0. The van der Waals surface area contributed by atoms with Crippen LogP contribution >= 0.6 is 11.8 Å². The van der Waals surface area contributed by atoms with Gasteiger partial charge in [-0.25, -0.2) is 10.8 Å². The average Bonchev–Trinajstić information content (AvgIpc) is 2.27. The average molecular weight is 240 g/mol. The Balaban J connectivity index is 2.57. The van der Waals surface area contributed by atoms with E-state index in [9.17, 15) is 4.79 Å². The first kappa shape index (κ1) is 12.8. The molecule has 5 N–H and O–H groups in total. The van der Waals surface area contributed by atoms with E-state index < -0.39 is 5.41 Å². The number of hydrogen-bond donors (Lipinski definition) is 3. The molecule has 0 bridgehead atoms. The van der Waals surface area contributed by atoms with Gasteiger partial charge in [-0.3, -0.25) is 10.2 Å². The zero-order valence-corrected chi connectivity index (χ0v) is 10.2. The highest BCUT2D eigenvalue weighted by Crippen LogP contribution is 2.26. The van der Waals surface area contributed by atoms with E-state index in [2.05, 4.69) is 10.4 Å². The smallest absolute Gasteiger partial charge is 0.240 e. The van der Waals surface area contributed by atoms with E-state index in [1.165, 1.54) is 11.8 Å². The Morgan fingerprint density at radius 2 is 2.25 bits per heavy atom. The molecule has 1 aromatic heterocycles. The van der Waals surface area contributed by atoms with Crippen molar-refractivity contribution in [1.29, 1.82) is 0 Å². The number of aromatic nitrogens is 1. The molecule has 0 aliphatic rings. The molecule has 0 aliphatic carbocycles. The van der Waals surface area contributed by atoms with Gasteiger partial charge in [0.1, 0.15) is 0 Å². The maximum Gasteiger partial charge on any atom is 0.240 e. The van der Waals surface area contributed by atoms with E-state index in [0.29, 0.717) is 11.4 Å². The standard InChI is InChI=1S/C10H16N4OS/c1-10(2,9(15)14-12)6-16-8-4-3-7(11)5-13-8/h3-5H,6,11-12H2,1-2H3,(H,14,15). The number of amides is 1. The van der Waals surface area contributed by atoms with Crippen molar-refractivity contribution in [1.82, 2.24) is 10.4 Å². The van der Waals surface area contributed by atoms with Crippen LogP contribution < -0.4 is 17.0 Å². The van der Waals surface area contributed by atoms with Crippen molar-refractivity contribution >= 4 is 23.4 Å². The van der Waals surface area contributed by atoms with E-state index >= 15 is 0 Å². The molecule has 0 unspecified atom stereocenters. The first-order valence-electron chi connectivity index (χ1n) is 4.81. The zero-order valence-electron chi connectivity index (χ0n) is 9.36. The Morgan fingerprint density at radius 3 is 2.75 bits per heavy atom. The van der Waals surface area contributed by atoms with Crippen molar-refractivity contribution in [2.45, 2.75) is 18.9 Å². The molecule has 0 fully saturated rings. The maximum absolute atomic E-state index is 11.4. The Morgan fingerprint density at radius 1 is 1.56 bits per heavy atom. The molecule has 1 amide bonds. The first-order valence-corrected chi connectivity index (χ1v) is 5.79. The van der Waals surface area contributed by atoms with Crippen molar-refractivity contribution in [2.24, 2.45) is 11.3 Å². The number of rotatable bonds is 4. The van der Waals surface area contributed by atoms with Crippen LogP contribution in [0, 0.1) is 5.41 Å². The number of hydrogen-bond acceptors (Lipinski definition) is 5. The summed E-state index contributed by atoms with van der Waals surface area (Å²) >= 11 is 1.50. The van der Waals surface area contributed by atoms with E-state index in [1.807, 2.05) is 19.9 Å². The minimum atomic E-state index is -0.525. The Hall–Kier alpha value is -1.27.